The second-order valence-electron chi connectivity index (χ2n) is 2.98. The second-order valence-corrected chi connectivity index (χ2v) is 2.98. The molecule has 0 aromatic heterocycles. The van der Waals surface area contributed by atoms with Gasteiger partial charge in [0.2, 0.25) is 0 Å². The summed E-state index contributed by atoms with van der Waals surface area (Å²) in [6.45, 7) is 7.51. The van der Waals surface area contributed by atoms with Crippen molar-refractivity contribution >= 4 is 0 Å². The molecule has 0 saturated carbocycles. The Labute approximate surface area is 74.3 Å². The van der Waals surface area contributed by atoms with Crippen LogP contribution in [-0.4, -0.2) is 19.3 Å². The molecular weight excluding hydrogens is 150 g/mol. The number of ether oxygens (including phenoxy) is 1. The SMILES string of the molecule is C=C/C(=C/C)NC1CCOCC1. The lowest BCUT2D eigenvalue weighted by atomic mass is 10.1. The van der Waals surface area contributed by atoms with E-state index in [-0.39, 0.29) is 0 Å². The van der Waals surface area contributed by atoms with E-state index in [0.717, 1.165) is 31.8 Å². The normalized spacial score (nSPS) is 20.6. The minimum absolute atomic E-state index is 0.572. The number of rotatable bonds is 3. The molecule has 2 nitrogen and oxygen atoms in total. The van der Waals surface area contributed by atoms with Crippen molar-refractivity contribution in [2.75, 3.05) is 13.2 Å². The minimum atomic E-state index is 0.572. The summed E-state index contributed by atoms with van der Waals surface area (Å²) in [6.07, 6.45) is 6.11. The van der Waals surface area contributed by atoms with E-state index < -0.39 is 0 Å². The average Bonchev–Trinajstić information content (AvgIpc) is 2.16. The predicted molar refractivity (Wildman–Crippen MR) is 50.9 cm³/mol. The van der Waals surface area contributed by atoms with Gasteiger partial charge in [-0.15, -0.1) is 0 Å². The fourth-order valence-corrected chi connectivity index (χ4v) is 1.34. The summed E-state index contributed by atoms with van der Waals surface area (Å²) in [4.78, 5) is 0. The highest BCUT2D eigenvalue weighted by Crippen LogP contribution is 2.08. The monoisotopic (exact) mass is 167 g/mol. The highest BCUT2D eigenvalue weighted by atomic mass is 16.5. The Morgan fingerprint density at radius 3 is 2.67 bits per heavy atom. The zero-order valence-electron chi connectivity index (χ0n) is 7.68. The van der Waals surface area contributed by atoms with Gasteiger partial charge in [0.1, 0.15) is 0 Å². The van der Waals surface area contributed by atoms with Gasteiger partial charge in [0.15, 0.2) is 0 Å². The molecule has 0 amide bonds. The smallest absolute Gasteiger partial charge is 0.0485 e. The standard InChI is InChI=1S/C10H17NO/c1-3-9(4-2)11-10-5-7-12-8-6-10/h3-4,10-11H,1,5-8H2,2H3/b9-4-. The zero-order chi connectivity index (χ0) is 8.81. The largest absolute Gasteiger partial charge is 0.382 e. The summed E-state index contributed by atoms with van der Waals surface area (Å²) < 4.78 is 5.26. The molecule has 68 valence electrons. The average molecular weight is 167 g/mol. The summed E-state index contributed by atoms with van der Waals surface area (Å²) in [5, 5.41) is 3.42. The molecule has 1 heterocycles. The van der Waals surface area contributed by atoms with Crippen LogP contribution in [0.2, 0.25) is 0 Å². The van der Waals surface area contributed by atoms with Crippen LogP contribution in [0.4, 0.5) is 0 Å². The van der Waals surface area contributed by atoms with E-state index in [1.807, 2.05) is 19.1 Å². The van der Waals surface area contributed by atoms with Crippen molar-refractivity contribution in [3.8, 4) is 0 Å². The first-order valence-corrected chi connectivity index (χ1v) is 4.50. The van der Waals surface area contributed by atoms with E-state index in [2.05, 4.69) is 11.9 Å². The lowest BCUT2D eigenvalue weighted by Gasteiger charge is -2.24. The highest BCUT2D eigenvalue weighted by Gasteiger charge is 2.12. The van der Waals surface area contributed by atoms with E-state index in [0.29, 0.717) is 6.04 Å². The van der Waals surface area contributed by atoms with E-state index in [9.17, 15) is 0 Å². The Balaban J connectivity index is 2.33. The molecule has 0 aromatic carbocycles. The molecule has 0 spiro atoms. The first kappa shape index (κ1) is 9.33. The number of hydrogen-bond donors (Lipinski definition) is 1. The topological polar surface area (TPSA) is 21.3 Å². The van der Waals surface area contributed by atoms with Crippen molar-refractivity contribution < 1.29 is 4.74 Å². The maximum atomic E-state index is 5.26. The van der Waals surface area contributed by atoms with E-state index in [4.69, 9.17) is 4.74 Å². The van der Waals surface area contributed by atoms with Crippen LogP contribution in [0.3, 0.4) is 0 Å². The van der Waals surface area contributed by atoms with Crippen LogP contribution in [0.25, 0.3) is 0 Å². The Hall–Kier alpha value is -0.760. The van der Waals surface area contributed by atoms with Crippen molar-refractivity contribution in [1.29, 1.82) is 0 Å². The molecule has 2 heteroatoms. The van der Waals surface area contributed by atoms with Crippen molar-refractivity contribution in [2.24, 2.45) is 0 Å². The first-order valence-electron chi connectivity index (χ1n) is 4.50. The van der Waals surface area contributed by atoms with Gasteiger partial charge in [-0.05, 0) is 25.8 Å². The highest BCUT2D eigenvalue weighted by molar-refractivity contribution is 5.13. The van der Waals surface area contributed by atoms with E-state index >= 15 is 0 Å². The minimum Gasteiger partial charge on any atom is -0.382 e. The second kappa shape index (κ2) is 4.99. The van der Waals surface area contributed by atoms with Crippen LogP contribution in [-0.2, 0) is 4.74 Å². The van der Waals surface area contributed by atoms with Crippen LogP contribution >= 0.6 is 0 Å². The number of hydrogen-bond acceptors (Lipinski definition) is 2. The molecule has 1 rings (SSSR count). The fourth-order valence-electron chi connectivity index (χ4n) is 1.34. The van der Waals surface area contributed by atoms with Gasteiger partial charge in [0.05, 0.1) is 0 Å². The summed E-state index contributed by atoms with van der Waals surface area (Å²) in [6, 6.07) is 0.572. The molecule has 0 unspecified atom stereocenters. The third kappa shape index (κ3) is 2.70. The van der Waals surface area contributed by atoms with Crippen LogP contribution in [0.5, 0.6) is 0 Å². The zero-order valence-corrected chi connectivity index (χ0v) is 7.68. The summed E-state index contributed by atoms with van der Waals surface area (Å²) in [7, 11) is 0. The third-order valence-electron chi connectivity index (χ3n) is 2.12. The Morgan fingerprint density at radius 2 is 2.17 bits per heavy atom. The van der Waals surface area contributed by atoms with Crippen molar-refractivity contribution in [2.45, 2.75) is 25.8 Å². The summed E-state index contributed by atoms with van der Waals surface area (Å²) in [5.41, 5.74) is 1.13. The van der Waals surface area contributed by atoms with Gasteiger partial charge in [-0.2, -0.15) is 0 Å². The first-order chi connectivity index (χ1) is 5.86. The molecule has 0 radical (unpaired) electrons. The van der Waals surface area contributed by atoms with Gasteiger partial charge in [0, 0.05) is 25.0 Å². The lowest BCUT2D eigenvalue weighted by Crippen LogP contribution is -2.33. The molecular formula is C10H17NO. The maximum absolute atomic E-state index is 5.26. The third-order valence-corrected chi connectivity index (χ3v) is 2.12. The van der Waals surface area contributed by atoms with Crippen molar-refractivity contribution in [3.05, 3.63) is 24.4 Å². The van der Waals surface area contributed by atoms with Gasteiger partial charge in [-0.1, -0.05) is 12.7 Å². The molecule has 1 fully saturated rings. The molecule has 1 N–H and O–H groups in total. The molecule has 0 atom stereocenters. The molecule has 1 aliphatic rings. The Morgan fingerprint density at radius 1 is 1.50 bits per heavy atom. The van der Waals surface area contributed by atoms with Gasteiger partial charge < -0.3 is 10.1 Å². The van der Waals surface area contributed by atoms with Crippen LogP contribution in [0.1, 0.15) is 19.8 Å². The predicted octanol–water partition coefficient (Wildman–Crippen LogP) is 1.84. The maximum Gasteiger partial charge on any atom is 0.0485 e. The lowest BCUT2D eigenvalue weighted by molar-refractivity contribution is 0.0806. The molecule has 12 heavy (non-hydrogen) atoms. The quantitative estimate of drug-likeness (QED) is 0.648. The number of nitrogens with one attached hydrogen (secondary N) is 1. The molecule has 0 aromatic rings. The van der Waals surface area contributed by atoms with Crippen molar-refractivity contribution in [3.63, 3.8) is 0 Å². The van der Waals surface area contributed by atoms with Gasteiger partial charge in [-0.3, -0.25) is 0 Å². The van der Waals surface area contributed by atoms with Crippen LogP contribution in [0.15, 0.2) is 24.4 Å². The van der Waals surface area contributed by atoms with E-state index in [1.165, 1.54) is 0 Å². The molecule has 0 bridgehead atoms. The van der Waals surface area contributed by atoms with Crippen molar-refractivity contribution in [1.82, 2.24) is 5.32 Å². The van der Waals surface area contributed by atoms with Gasteiger partial charge >= 0.3 is 0 Å². The van der Waals surface area contributed by atoms with Gasteiger partial charge in [-0.25, -0.2) is 0 Å². The Bertz CT molecular complexity index is 169. The summed E-state index contributed by atoms with van der Waals surface area (Å²) >= 11 is 0. The fraction of sp³-hybridized carbons (Fsp3) is 0.600. The number of allylic oxidation sites excluding steroid dienone is 2. The van der Waals surface area contributed by atoms with Crippen LogP contribution in [0, 0.1) is 0 Å². The van der Waals surface area contributed by atoms with E-state index in [1.54, 1.807) is 0 Å². The van der Waals surface area contributed by atoms with Crippen LogP contribution < -0.4 is 5.32 Å². The molecule has 1 saturated heterocycles. The van der Waals surface area contributed by atoms with Gasteiger partial charge in [0.25, 0.3) is 0 Å². The summed E-state index contributed by atoms with van der Waals surface area (Å²) in [5.74, 6) is 0. The Kier molecular flexibility index (Phi) is 3.88. The molecule has 1 aliphatic heterocycles. The molecule has 0 aliphatic carbocycles.